The van der Waals surface area contributed by atoms with Crippen molar-refractivity contribution in [1.82, 2.24) is 15.2 Å². The highest BCUT2D eigenvalue weighted by atomic mass is 79.9. The summed E-state index contributed by atoms with van der Waals surface area (Å²) in [5.74, 6) is 0. The second-order valence-electron chi connectivity index (χ2n) is 5.28. The molecular weight excluding hydrogens is 346 g/mol. The number of rotatable bonds is 7. The van der Waals surface area contributed by atoms with E-state index in [9.17, 15) is 0 Å². The van der Waals surface area contributed by atoms with E-state index in [-0.39, 0.29) is 0 Å². The van der Waals surface area contributed by atoms with Crippen molar-refractivity contribution < 1.29 is 0 Å². The number of hydrogen-bond acceptors (Lipinski definition) is 4. The number of halogens is 1. The average molecular weight is 368 g/mol. The minimum absolute atomic E-state index is 0.382. The molecule has 0 bridgehead atoms. The zero-order valence-electron chi connectivity index (χ0n) is 12.8. The Balaban J connectivity index is 1.89. The highest BCUT2D eigenvalue weighted by Gasteiger charge is 2.12. The van der Waals surface area contributed by atoms with Crippen LogP contribution in [0.15, 0.2) is 34.2 Å². The summed E-state index contributed by atoms with van der Waals surface area (Å²) in [6, 6.07) is 8.91. The number of thiazole rings is 1. The van der Waals surface area contributed by atoms with Gasteiger partial charge in [0, 0.05) is 28.5 Å². The summed E-state index contributed by atoms with van der Waals surface area (Å²) >= 11 is 5.29. The van der Waals surface area contributed by atoms with E-state index in [1.807, 2.05) is 12.6 Å². The first kappa shape index (κ1) is 16.6. The van der Waals surface area contributed by atoms with E-state index in [1.165, 1.54) is 10.4 Å². The van der Waals surface area contributed by atoms with E-state index in [0.717, 1.165) is 29.7 Å². The lowest BCUT2D eigenvalue weighted by Gasteiger charge is -2.21. The summed E-state index contributed by atoms with van der Waals surface area (Å²) in [6.45, 7) is 4.11. The van der Waals surface area contributed by atoms with Crippen molar-refractivity contribution in [1.29, 1.82) is 0 Å². The number of hydrogen-bond donors (Lipinski definition) is 1. The van der Waals surface area contributed by atoms with Gasteiger partial charge in [0.15, 0.2) is 0 Å². The molecule has 0 fully saturated rings. The molecule has 5 heteroatoms. The van der Waals surface area contributed by atoms with E-state index < -0.39 is 0 Å². The lowest BCUT2D eigenvalue weighted by atomic mass is 10.0. The van der Waals surface area contributed by atoms with Gasteiger partial charge in [-0.1, -0.05) is 28.1 Å². The third kappa shape index (κ3) is 4.88. The van der Waals surface area contributed by atoms with Gasteiger partial charge in [0.05, 0.1) is 11.2 Å². The van der Waals surface area contributed by atoms with Crippen LogP contribution in [0.1, 0.15) is 28.6 Å². The van der Waals surface area contributed by atoms with Crippen molar-refractivity contribution >= 4 is 27.3 Å². The Morgan fingerprint density at radius 2 is 2.24 bits per heavy atom. The van der Waals surface area contributed by atoms with Crippen LogP contribution in [-0.4, -0.2) is 30.5 Å². The zero-order chi connectivity index (χ0) is 15.2. The minimum Gasteiger partial charge on any atom is -0.313 e. The number of nitrogens with zero attached hydrogens (tertiary/aromatic N) is 2. The monoisotopic (exact) mass is 367 g/mol. The first-order valence-corrected chi connectivity index (χ1v) is 8.77. The molecule has 21 heavy (non-hydrogen) atoms. The Hall–Kier alpha value is -0.750. The summed E-state index contributed by atoms with van der Waals surface area (Å²) in [7, 11) is 4.20. The maximum Gasteiger partial charge on any atom is 0.0798 e. The van der Waals surface area contributed by atoms with Crippen LogP contribution in [0.2, 0.25) is 0 Å². The van der Waals surface area contributed by atoms with Gasteiger partial charge in [-0.3, -0.25) is 0 Å². The second kappa shape index (κ2) is 8.03. The molecule has 0 aliphatic rings. The molecule has 0 aliphatic heterocycles. The fraction of sp³-hybridized carbons (Fsp3) is 0.438. The van der Waals surface area contributed by atoms with E-state index in [1.54, 1.807) is 11.3 Å². The third-order valence-corrected chi connectivity index (χ3v) is 5.07. The quantitative estimate of drug-likeness (QED) is 0.801. The molecule has 0 aliphatic carbocycles. The Labute approximate surface area is 139 Å². The molecule has 0 saturated heterocycles. The fourth-order valence-electron chi connectivity index (χ4n) is 2.35. The Bertz CT molecular complexity index is 570. The molecule has 1 aromatic heterocycles. The summed E-state index contributed by atoms with van der Waals surface area (Å²) in [4.78, 5) is 8.04. The van der Waals surface area contributed by atoms with Crippen molar-refractivity contribution in [3.63, 3.8) is 0 Å². The molecular formula is C16H22BrN3S. The summed E-state index contributed by atoms with van der Waals surface area (Å²) in [6.07, 6.45) is 1.08. The van der Waals surface area contributed by atoms with Crippen LogP contribution in [0.25, 0.3) is 0 Å². The van der Waals surface area contributed by atoms with Gasteiger partial charge in [-0.25, -0.2) is 4.98 Å². The maximum absolute atomic E-state index is 4.31. The second-order valence-corrected chi connectivity index (χ2v) is 7.14. The molecule has 0 saturated carbocycles. The molecule has 1 atom stereocenters. The number of aryl methyl sites for hydroxylation is 1. The van der Waals surface area contributed by atoms with Gasteiger partial charge in [0.25, 0.3) is 0 Å². The largest absolute Gasteiger partial charge is 0.313 e. The van der Waals surface area contributed by atoms with Crippen molar-refractivity contribution in [3.05, 3.63) is 50.4 Å². The normalized spacial score (nSPS) is 12.8. The van der Waals surface area contributed by atoms with Crippen molar-refractivity contribution in [2.75, 3.05) is 20.6 Å². The molecule has 3 nitrogen and oxygen atoms in total. The summed E-state index contributed by atoms with van der Waals surface area (Å²) in [5, 5.41) is 3.41. The number of benzene rings is 1. The number of aromatic nitrogens is 1. The number of nitrogens with one attached hydrogen (secondary N) is 1. The van der Waals surface area contributed by atoms with Gasteiger partial charge in [0.2, 0.25) is 0 Å². The SMILES string of the molecule is CNC(CCN(C)Cc1scnc1C)c1cccc(Br)c1. The predicted octanol–water partition coefficient (Wildman–Crippen LogP) is 4.00. The van der Waals surface area contributed by atoms with E-state index in [0.29, 0.717) is 6.04 Å². The van der Waals surface area contributed by atoms with Crippen LogP contribution in [0.4, 0.5) is 0 Å². The topological polar surface area (TPSA) is 28.2 Å². The van der Waals surface area contributed by atoms with Crippen LogP contribution in [0.5, 0.6) is 0 Å². The first-order chi connectivity index (χ1) is 10.1. The third-order valence-electron chi connectivity index (χ3n) is 3.66. The van der Waals surface area contributed by atoms with E-state index in [2.05, 4.69) is 69.4 Å². The Kier molecular flexibility index (Phi) is 6.36. The van der Waals surface area contributed by atoms with Crippen LogP contribution < -0.4 is 5.32 Å². The van der Waals surface area contributed by atoms with Gasteiger partial charge in [0.1, 0.15) is 0 Å². The van der Waals surface area contributed by atoms with Gasteiger partial charge in [-0.15, -0.1) is 11.3 Å². The van der Waals surface area contributed by atoms with E-state index in [4.69, 9.17) is 0 Å². The van der Waals surface area contributed by atoms with Crippen molar-refractivity contribution in [3.8, 4) is 0 Å². The average Bonchev–Trinajstić information content (AvgIpc) is 2.85. The maximum atomic E-state index is 4.31. The van der Waals surface area contributed by atoms with Crippen LogP contribution >= 0.6 is 27.3 Å². The Morgan fingerprint density at radius 3 is 2.86 bits per heavy atom. The van der Waals surface area contributed by atoms with Crippen LogP contribution in [-0.2, 0) is 6.54 Å². The van der Waals surface area contributed by atoms with Crippen molar-refractivity contribution in [2.45, 2.75) is 25.9 Å². The first-order valence-electron chi connectivity index (χ1n) is 7.10. The standard InChI is InChI=1S/C16H22BrN3S/c1-12-16(21-11-19-12)10-20(3)8-7-15(18-2)13-5-4-6-14(17)9-13/h4-6,9,11,15,18H,7-8,10H2,1-3H3. The minimum atomic E-state index is 0.382. The molecule has 2 aromatic rings. The fourth-order valence-corrected chi connectivity index (χ4v) is 3.63. The molecule has 1 N–H and O–H groups in total. The van der Waals surface area contributed by atoms with E-state index >= 15 is 0 Å². The molecule has 114 valence electrons. The highest BCUT2D eigenvalue weighted by Crippen LogP contribution is 2.21. The summed E-state index contributed by atoms with van der Waals surface area (Å²) in [5.41, 5.74) is 4.41. The smallest absolute Gasteiger partial charge is 0.0798 e. The van der Waals surface area contributed by atoms with Gasteiger partial charge in [-0.2, -0.15) is 0 Å². The van der Waals surface area contributed by atoms with Crippen LogP contribution in [0, 0.1) is 6.92 Å². The predicted molar refractivity (Wildman–Crippen MR) is 93.7 cm³/mol. The molecule has 1 aromatic carbocycles. The van der Waals surface area contributed by atoms with Gasteiger partial charge < -0.3 is 10.2 Å². The van der Waals surface area contributed by atoms with Gasteiger partial charge in [-0.05, 0) is 45.1 Å². The molecule has 2 rings (SSSR count). The molecule has 1 heterocycles. The summed E-state index contributed by atoms with van der Waals surface area (Å²) < 4.78 is 1.13. The molecule has 0 amide bonds. The van der Waals surface area contributed by atoms with Crippen molar-refractivity contribution in [2.24, 2.45) is 0 Å². The lowest BCUT2D eigenvalue weighted by Crippen LogP contribution is -2.25. The molecule has 0 radical (unpaired) electrons. The molecule has 1 unspecified atom stereocenters. The molecule has 0 spiro atoms. The van der Waals surface area contributed by atoms with Gasteiger partial charge >= 0.3 is 0 Å². The lowest BCUT2D eigenvalue weighted by molar-refractivity contribution is 0.305. The Morgan fingerprint density at radius 1 is 1.43 bits per heavy atom. The zero-order valence-corrected chi connectivity index (χ0v) is 15.2. The highest BCUT2D eigenvalue weighted by molar-refractivity contribution is 9.10. The van der Waals surface area contributed by atoms with Crippen LogP contribution in [0.3, 0.4) is 0 Å².